The maximum Gasteiger partial charge on any atom is 0.188 e. The number of hydrogen-bond acceptors (Lipinski definition) is 3. The predicted octanol–water partition coefficient (Wildman–Crippen LogP) is 2.97. The zero-order valence-corrected chi connectivity index (χ0v) is 13.2. The number of anilines is 1. The van der Waals surface area contributed by atoms with Crippen LogP contribution in [0.5, 0.6) is 0 Å². The van der Waals surface area contributed by atoms with Crippen molar-refractivity contribution in [1.82, 2.24) is 5.32 Å². The minimum Gasteiger partial charge on any atom is -0.360 e. The molecule has 1 aliphatic rings. The first-order valence-electron chi connectivity index (χ1n) is 6.83. The van der Waals surface area contributed by atoms with Gasteiger partial charge in [0.05, 0.1) is 12.0 Å². The highest BCUT2D eigenvalue weighted by atomic mass is 32.2. The molecule has 1 aromatic carbocycles. The SMILES string of the molecule is COS(=O)c1cccc(NC(=S)NC2CCCCC2)c1. The van der Waals surface area contributed by atoms with E-state index in [0.717, 1.165) is 5.69 Å². The van der Waals surface area contributed by atoms with Crippen LogP contribution in [0.15, 0.2) is 29.2 Å². The van der Waals surface area contributed by atoms with Crippen LogP contribution in [0.25, 0.3) is 0 Å². The first-order valence-corrected chi connectivity index (χ1v) is 8.31. The van der Waals surface area contributed by atoms with Gasteiger partial charge in [-0.1, -0.05) is 25.3 Å². The van der Waals surface area contributed by atoms with Crippen molar-refractivity contribution < 1.29 is 8.39 Å². The van der Waals surface area contributed by atoms with E-state index in [2.05, 4.69) is 10.6 Å². The van der Waals surface area contributed by atoms with Crippen LogP contribution in [-0.2, 0) is 15.3 Å². The minimum atomic E-state index is -1.43. The van der Waals surface area contributed by atoms with Crippen LogP contribution in [-0.4, -0.2) is 22.5 Å². The summed E-state index contributed by atoms with van der Waals surface area (Å²) in [6, 6.07) is 7.75. The molecule has 0 aromatic heterocycles. The fourth-order valence-electron chi connectivity index (χ4n) is 2.37. The Balaban J connectivity index is 1.91. The van der Waals surface area contributed by atoms with E-state index >= 15 is 0 Å². The number of benzene rings is 1. The predicted molar refractivity (Wildman–Crippen MR) is 86.1 cm³/mol. The summed E-state index contributed by atoms with van der Waals surface area (Å²) in [5.41, 5.74) is 0.821. The monoisotopic (exact) mass is 312 g/mol. The van der Waals surface area contributed by atoms with Crippen LogP contribution in [0.1, 0.15) is 32.1 Å². The molecule has 0 saturated heterocycles. The van der Waals surface area contributed by atoms with Gasteiger partial charge in [0, 0.05) is 11.7 Å². The third kappa shape index (κ3) is 4.54. The number of nitrogens with one attached hydrogen (secondary N) is 2. The molecule has 1 aliphatic carbocycles. The Hall–Kier alpha value is -0.980. The summed E-state index contributed by atoms with van der Waals surface area (Å²) < 4.78 is 16.4. The molecule has 1 fully saturated rings. The van der Waals surface area contributed by atoms with Crippen molar-refractivity contribution >= 4 is 34.1 Å². The van der Waals surface area contributed by atoms with Crippen molar-refractivity contribution in [3.63, 3.8) is 0 Å². The van der Waals surface area contributed by atoms with Crippen molar-refractivity contribution in [3.05, 3.63) is 24.3 Å². The van der Waals surface area contributed by atoms with Gasteiger partial charge >= 0.3 is 0 Å². The molecular formula is C14H20N2O2S2. The second kappa shape index (κ2) is 7.71. The highest BCUT2D eigenvalue weighted by Gasteiger charge is 2.14. The van der Waals surface area contributed by atoms with Gasteiger partial charge in [0.25, 0.3) is 0 Å². The van der Waals surface area contributed by atoms with Crippen molar-refractivity contribution in [2.45, 2.75) is 43.0 Å². The lowest BCUT2D eigenvalue weighted by Crippen LogP contribution is -2.38. The first-order chi connectivity index (χ1) is 9.69. The molecule has 1 aromatic rings. The highest BCUT2D eigenvalue weighted by Crippen LogP contribution is 2.18. The third-order valence-electron chi connectivity index (χ3n) is 3.38. The Morgan fingerprint density at radius 3 is 2.80 bits per heavy atom. The smallest absolute Gasteiger partial charge is 0.188 e. The molecule has 0 bridgehead atoms. The van der Waals surface area contributed by atoms with Gasteiger partial charge in [-0.2, -0.15) is 0 Å². The third-order valence-corrected chi connectivity index (χ3v) is 4.54. The van der Waals surface area contributed by atoms with E-state index < -0.39 is 11.1 Å². The largest absolute Gasteiger partial charge is 0.360 e. The summed E-state index contributed by atoms with van der Waals surface area (Å²) in [7, 11) is 1.42. The van der Waals surface area contributed by atoms with Crippen molar-refractivity contribution in [2.24, 2.45) is 0 Å². The van der Waals surface area contributed by atoms with Crippen molar-refractivity contribution in [3.8, 4) is 0 Å². The van der Waals surface area contributed by atoms with Gasteiger partial charge in [-0.25, -0.2) is 4.21 Å². The summed E-state index contributed by atoms with van der Waals surface area (Å²) in [5, 5.41) is 7.10. The minimum absolute atomic E-state index is 0.472. The molecule has 1 saturated carbocycles. The van der Waals surface area contributed by atoms with E-state index in [1.54, 1.807) is 12.1 Å². The Kier molecular flexibility index (Phi) is 5.94. The molecule has 1 unspecified atom stereocenters. The number of hydrogen-bond donors (Lipinski definition) is 2. The molecule has 110 valence electrons. The molecule has 1 atom stereocenters. The molecule has 0 heterocycles. The number of thiocarbonyl (C=S) groups is 1. The van der Waals surface area contributed by atoms with Gasteiger partial charge in [0.1, 0.15) is 0 Å². The summed E-state index contributed by atoms with van der Waals surface area (Å²) in [5.74, 6) is 0. The molecule has 2 rings (SSSR count). The molecule has 2 N–H and O–H groups in total. The van der Waals surface area contributed by atoms with Gasteiger partial charge in [-0.15, -0.1) is 0 Å². The van der Waals surface area contributed by atoms with E-state index in [0.29, 0.717) is 16.0 Å². The van der Waals surface area contributed by atoms with Crippen LogP contribution in [0.2, 0.25) is 0 Å². The first kappa shape index (κ1) is 15.4. The lowest BCUT2D eigenvalue weighted by molar-refractivity contribution is 0.415. The summed E-state index contributed by atoms with van der Waals surface area (Å²) in [6.45, 7) is 0. The Morgan fingerprint density at radius 1 is 1.35 bits per heavy atom. The standard InChI is InChI=1S/C14H20N2O2S2/c1-18-20(17)13-9-5-8-12(10-13)16-14(19)15-11-6-3-2-4-7-11/h5,8-11H,2-4,6-7H2,1H3,(H2,15,16,19). The van der Waals surface area contributed by atoms with E-state index in [4.69, 9.17) is 16.4 Å². The molecule has 6 heteroatoms. The average molecular weight is 312 g/mol. The van der Waals surface area contributed by atoms with Crippen LogP contribution < -0.4 is 10.6 Å². The zero-order chi connectivity index (χ0) is 14.4. The van der Waals surface area contributed by atoms with Crippen molar-refractivity contribution in [2.75, 3.05) is 12.4 Å². The summed E-state index contributed by atoms with van der Waals surface area (Å²) >= 11 is 3.90. The Labute approximate surface area is 128 Å². The molecule has 4 nitrogen and oxygen atoms in total. The quantitative estimate of drug-likeness (QED) is 0.837. The van der Waals surface area contributed by atoms with Gasteiger partial charge in [-0.05, 0) is 43.3 Å². The second-order valence-electron chi connectivity index (χ2n) is 4.86. The van der Waals surface area contributed by atoms with Gasteiger partial charge in [0.2, 0.25) is 0 Å². The Bertz CT molecular complexity index is 488. The fraction of sp³-hybridized carbons (Fsp3) is 0.500. The molecule has 0 spiro atoms. The van der Waals surface area contributed by atoms with Gasteiger partial charge in [-0.3, -0.25) is 4.18 Å². The van der Waals surface area contributed by atoms with Crippen LogP contribution in [0, 0.1) is 0 Å². The second-order valence-corrected chi connectivity index (χ2v) is 6.55. The molecule has 0 amide bonds. The zero-order valence-electron chi connectivity index (χ0n) is 11.6. The van der Waals surface area contributed by atoms with E-state index in [1.165, 1.54) is 39.2 Å². The van der Waals surface area contributed by atoms with E-state index in [1.807, 2.05) is 12.1 Å². The molecular weight excluding hydrogens is 292 g/mol. The van der Waals surface area contributed by atoms with Gasteiger partial charge in [0.15, 0.2) is 16.2 Å². The van der Waals surface area contributed by atoms with E-state index in [9.17, 15) is 4.21 Å². The van der Waals surface area contributed by atoms with E-state index in [-0.39, 0.29) is 0 Å². The molecule has 0 aliphatic heterocycles. The summed E-state index contributed by atoms with van der Waals surface area (Å²) in [4.78, 5) is 0.623. The van der Waals surface area contributed by atoms with Crippen LogP contribution in [0.3, 0.4) is 0 Å². The molecule has 0 radical (unpaired) electrons. The van der Waals surface area contributed by atoms with Crippen molar-refractivity contribution in [1.29, 1.82) is 0 Å². The maximum atomic E-state index is 11.6. The van der Waals surface area contributed by atoms with Crippen LogP contribution >= 0.6 is 12.2 Å². The molecule has 20 heavy (non-hydrogen) atoms. The lowest BCUT2D eigenvalue weighted by Gasteiger charge is -2.24. The Morgan fingerprint density at radius 2 is 2.10 bits per heavy atom. The van der Waals surface area contributed by atoms with Gasteiger partial charge < -0.3 is 10.6 Å². The lowest BCUT2D eigenvalue weighted by atomic mass is 9.96. The average Bonchev–Trinajstić information content (AvgIpc) is 2.47. The highest BCUT2D eigenvalue weighted by molar-refractivity contribution is 7.80. The van der Waals surface area contributed by atoms with Crippen LogP contribution in [0.4, 0.5) is 5.69 Å². The fourth-order valence-corrected chi connectivity index (χ4v) is 3.26. The topological polar surface area (TPSA) is 50.4 Å². The maximum absolute atomic E-state index is 11.6. The normalized spacial score (nSPS) is 17.4. The summed E-state index contributed by atoms with van der Waals surface area (Å²) in [6.07, 6.45) is 6.21. The number of rotatable bonds is 4.